The first-order valence-electron chi connectivity index (χ1n) is 7.08. The van der Waals surface area contributed by atoms with Crippen LogP contribution in [0.5, 0.6) is 0 Å². The van der Waals surface area contributed by atoms with Gasteiger partial charge in [-0.05, 0) is 0 Å². The molecule has 0 amide bonds. The summed E-state index contributed by atoms with van der Waals surface area (Å²) in [7, 11) is 6.76. The minimum atomic E-state index is -1.68. The third-order valence-corrected chi connectivity index (χ3v) is 10.1. The van der Waals surface area contributed by atoms with E-state index in [0.717, 1.165) is 13.1 Å². The van der Waals surface area contributed by atoms with E-state index in [9.17, 15) is 0 Å². The number of rotatable bonds is 1. The van der Waals surface area contributed by atoms with Crippen molar-refractivity contribution in [3.63, 3.8) is 0 Å². The number of halogens is 1. The van der Waals surface area contributed by atoms with Crippen LogP contribution in [0.2, 0.25) is 4.20 Å². The predicted octanol–water partition coefficient (Wildman–Crippen LogP) is 3.67. The van der Waals surface area contributed by atoms with Crippen molar-refractivity contribution in [3.8, 4) is 10.6 Å². The molecule has 2 rings (SSSR count). The molecule has 1 nitrogen and oxygen atoms in total. The summed E-state index contributed by atoms with van der Waals surface area (Å²) >= 11 is -1.68. The molecule has 0 spiro atoms. The SMILES string of the molecule is CC1=CC(C)([As](Cl)C#CC2CCNCC2)C(C)C=C1. The van der Waals surface area contributed by atoms with E-state index in [4.69, 9.17) is 9.95 Å². The Morgan fingerprint density at radius 3 is 2.79 bits per heavy atom. The molecule has 104 valence electrons. The first-order chi connectivity index (χ1) is 9.02. The van der Waals surface area contributed by atoms with Gasteiger partial charge in [0, 0.05) is 0 Å². The molecule has 1 fully saturated rings. The van der Waals surface area contributed by atoms with E-state index in [1.807, 2.05) is 0 Å². The molecule has 0 aromatic carbocycles. The summed E-state index contributed by atoms with van der Waals surface area (Å²) in [6.07, 6.45) is 9.18. The molecule has 19 heavy (non-hydrogen) atoms. The van der Waals surface area contributed by atoms with Crippen LogP contribution >= 0.6 is 9.95 Å². The molecule has 3 unspecified atom stereocenters. The van der Waals surface area contributed by atoms with Gasteiger partial charge in [0.05, 0.1) is 0 Å². The molecule has 0 aromatic rings. The Morgan fingerprint density at radius 2 is 2.11 bits per heavy atom. The molecular formula is C16H23AsClN. The van der Waals surface area contributed by atoms with Crippen molar-refractivity contribution < 1.29 is 0 Å². The van der Waals surface area contributed by atoms with Gasteiger partial charge in [-0.2, -0.15) is 0 Å². The van der Waals surface area contributed by atoms with Crippen LogP contribution in [0.25, 0.3) is 0 Å². The Morgan fingerprint density at radius 1 is 1.42 bits per heavy atom. The summed E-state index contributed by atoms with van der Waals surface area (Å²) in [5.74, 6) is 4.52. The van der Waals surface area contributed by atoms with Crippen molar-refractivity contribution >= 4 is 23.7 Å². The van der Waals surface area contributed by atoms with Crippen LogP contribution in [0.4, 0.5) is 0 Å². The van der Waals surface area contributed by atoms with Crippen LogP contribution in [0.15, 0.2) is 23.8 Å². The topological polar surface area (TPSA) is 12.0 Å². The van der Waals surface area contributed by atoms with E-state index in [-0.39, 0.29) is 4.20 Å². The molecule has 3 heteroatoms. The van der Waals surface area contributed by atoms with Crippen molar-refractivity contribution in [2.75, 3.05) is 13.1 Å². The van der Waals surface area contributed by atoms with Gasteiger partial charge in [-0.25, -0.2) is 0 Å². The number of allylic oxidation sites excluding steroid dienone is 4. The van der Waals surface area contributed by atoms with Crippen LogP contribution in [0.1, 0.15) is 33.6 Å². The molecule has 2 aliphatic rings. The van der Waals surface area contributed by atoms with Gasteiger partial charge in [-0.1, -0.05) is 0 Å². The van der Waals surface area contributed by atoms with Gasteiger partial charge in [0.25, 0.3) is 0 Å². The summed E-state index contributed by atoms with van der Waals surface area (Å²) in [6, 6.07) is 0. The monoisotopic (exact) mass is 339 g/mol. The molecular weight excluding hydrogens is 317 g/mol. The third kappa shape index (κ3) is 3.69. The predicted molar refractivity (Wildman–Crippen MR) is 85.4 cm³/mol. The van der Waals surface area contributed by atoms with Gasteiger partial charge in [0.2, 0.25) is 0 Å². The molecule has 3 atom stereocenters. The number of hydrogen-bond donors (Lipinski definition) is 1. The summed E-state index contributed by atoms with van der Waals surface area (Å²) < 4.78 is 3.56. The Bertz CT molecular complexity index is 439. The average molecular weight is 340 g/mol. The fourth-order valence-electron chi connectivity index (χ4n) is 2.60. The third-order valence-electron chi connectivity index (χ3n) is 4.22. The quantitative estimate of drug-likeness (QED) is 0.568. The maximum absolute atomic E-state index is 6.76. The van der Waals surface area contributed by atoms with E-state index in [0.29, 0.717) is 11.8 Å². The zero-order chi connectivity index (χ0) is 13.9. The van der Waals surface area contributed by atoms with Crippen molar-refractivity contribution in [2.45, 2.75) is 37.8 Å². The van der Waals surface area contributed by atoms with Gasteiger partial charge < -0.3 is 0 Å². The van der Waals surface area contributed by atoms with E-state index in [2.05, 4.69) is 54.9 Å². The Balaban J connectivity index is 2.08. The van der Waals surface area contributed by atoms with Crippen LogP contribution in [0.3, 0.4) is 0 Å². The number of piperidine rings is 1. The summed E-state index contributed by atoms with van der Waals surface area (Å²) in [5.41, 5.74) is 1.32. The van der Waals surface area contributed by atoms with Crippen LogP contribution in [0, 0.1) is 22.5 Å². The summed E-state index contributed by atoms with van der Waals surface area (Å²) in [6.45, 7) is 8.90. The van der Waals surface area contributed by atoms with Gasteiger partial charge in [0.1, 0.15) is 0 Å². The zero-order valence-electron chi connectivity index (χ0n) is 12.0. The average Bonchev–Trinajstić information content (AvgIpc) is 2.41. The first-order valence-corrected chi connectivity index (χ1v) is 11.4. The van der Waals surface area contributed by atoms with E-state index in [1.54, 1.807) is 0 Å². The van der Waals surface area contributed by atoms with E-state index in [1.165, 1.54) is 18.4 Å². The van der Waals surface area contributed by atoms with E-state index < -0.39 is 13.7 Å². The molecule has 1 N–H and O–H groups in total. The Hall–Kier alpha value is -0.152. The summed E-state index contributed by atoms with van der Waals surface area (Å²) in [5, 5.41) is 3.38. The fraction of sp³-hybridized carbons (Fsp3) is 0.625. The van der Waals surface area contributed by atoms with Crippen molar-refractivity contribution in [1.29, 1.82) is 0 Å². The molecule has 1 aliphatic carbocycles. The Labute approximate surface area is 126 Å². The van der Waals surface area contributed by atoms with Crippen LogP contribution < -0.4 is 5.32 Å². The van der Waals surface area contributed by atoms with Crippen molar-refractivity contribution in [2.24, 2.45) is 11.8 Å². The second-order valence-electron chi connectivity index (χ2n) is 5.82. The number of nitrogens with one attached hydrogen (secondary N) is 1. The van der Waals surface area contributed by atoms with Gasteiger partial charge in [-0.15, -0.1) is 0 Å². The molecule has 0 saturated carbocycles. The van der Waals surface area contributed by atoms with E-state index >= 15 is 0 Å². The molecule has 0 aromatic heterocycles. The molecule has 1 saturated heterocycles. The van der Waals surface area contributed by atoms with Crippen molar-refractivity contribution in [3.05, 3.63) is 23.8 Å². The first kappa shape index (κ1) is 15.2. The van der Waals surface area contributed by atoms with Gasteiger partial charge in [0.15, 0.2) is 0 Å². The van der Waals surface area contributed by atoms with Crippen LogP contribution in [-0.2, 0) is 0 Å². The fourth-order valence-corrected chi connectivity index (χ4v) is 6.63. The van der Waals surface area contributed by atoms with Crippen LogP contribution in [-0.4, -0.2) is 26.8 Å². The normalized spacial score (nSPS) is 33.3. The Kier molecular flexibility index (Phi) is 5.24. The molecule has 0 radical (unpaired) electrons. The van der Waals surface area contributed by atoms with Gasteiger partial charge in [-0.3, -0.25) is 0 Å². The minimum absolute atomic E-state index is 0.0906. The molecule has 1 heterocycles. The number of hydrogen-bond acceptors (Lipinski definition) is 1. The zero-order valence-corrected chi connectivity index (χ0v) is 14.7. The second kappa shape index (κ2) is 6.53. The van der Waals surface area contributed by atoms with Crippen molar-refractivity contribution in [1.82, 2.24) is 5.32 Å². The molecule has 1 aliphatic heterocycles. The standard InChI is InChI=1S/C16H23AsClN/c1-13-4-5-14(2)16(3,12-13)17(18)9-6-15-7-10-19-11-8-15/h4-5,12,14-15,19H,7-8,10-11H2,1-3H3. The maximum atomic E-state index is 6.76. The second-order valence-corrected chi connectivity index (χ2v) is 11.2. The summed E-state index contributed by atoms with van der Waals surface area (Å²) in [4.78, 5) is 0. The van der Waals surface area contributed by atoms with Gasteiger partial charge >= 0.3 is 126 Å². The molecule has 0 bridgehead atoms.